The highest BCUT2D eigenvalue weighted by Crippen LogP contribution is 2.30. The molecule has 2 saturated heterocycles. The fourth-order valence-corrected chi connectivity index (χ4v) is 4.26. The first-order valence-electron chi connectivity index (χ1n) is 8.78. The molecule has 5 nitrogen and oxygen atoms in total. The average Bonchev–Trinajstić information content (AvgIpc) is 3.04. The molecule has 2 atom stereocenters. The molecule has 122 valence electrons. The molecule has 2 N–H and O–H groups in total. The van der Waals surface area contributed by atoms with Gasteiger partial charge in [-0.25, -0.2) is 0 Å². The molecule has 1 aromatic heterocycles. The normalized spacial score (nSPS) is 25.2. The number of aromatic nitrogens is 2. The van der Waals surface area contributed by atoms with Gasteiger partial charge in [-0.3, -0.25) is 9.89 Å². The minimum absolute atomic E-state index is 0.0598. The Morgan fingerprint density at radius 2 is 2.09 bits per heavy atom. The molecule has 0 saturated carbocycles. The summed E-state index contributed by atoms with van der Waals surface area (Å²) in [6.45, 7) is 3.24. The largest absolute Gasteiger partial charge is 0.350 e. The van der Waals surface area contributed by atoms with Crippen LogP contribution < -0.4 is 5.32 Å². The van der Waals surface area contributed by atoms with E-state index in [4.69, 9.17) is 0 Å². The second-order valence-corrected chi connectivity index (χ2v) is 6.83. The van der Waals surface area contributed by atoms with Crippen molar-refractivity contribution in [3.8, 4) is 0 Å². The van der Waals surface area contributed by atoms with Gasteiger partial charge in [0.25, 0.3) is 5.91 Å². The van der Waals surface area contributed by atoms with Crippen molar-refractivity contribution in [3.63, 3.8) is 0 Å². The molecule has 1 aromatic carbocycles. The summed E-state index contributed by atoms with van der Waals surface area (Å²) in [5.41, 5.74) is 1.42. The zero-order chi connectivity index (χ0) is 15.6. The van der Waals surface area contributed by atoms with E-state index in [0.717, 1.165) is 17.4 Å². The van der Waals surface area contributed by atoms with Gasteiger partial charge >= 0.3 is 0 Å². The molecule has 2 aliphatic rings. The predicted molar refractivity (Wildman–Crippen MR) is 90.4 cm³/mol. The number of carbonyl (C=O) groups excluding carboxylic acids is 1. The van der Waals surface area contributed by atoms with Gasteiger partial charge in [-0.1, -0.05) is 24.6 Å². The summed E-state index contributed by atoms with van der Waals surface area (Å²) in [5.74, 6) is 0.522. The second kappa shape index (κ2) is 6.32. The summed E-state index contributed by atoms with van der Waals surface area (Å²) >= 11 is 0. The smallest absolute Gasteiger partial charge is 0.272 e. The van der Waals surface area contributed by atoms with E-state index in [1.54, 1.807) is 0 Å². The fraction of sp³-hybridized carbons (Fsp3) is 0.556. The number of nitrogens with zero attached hydrogens (tertiary/aromatic N) is 2. The number of nitrogens with one attached hydrogen (secondary N) is 2. The summed E-state index contributed by atoms with van der Waals surface area (Å²) in [4.78, 5) is 15.1. The van der Waals surface area contributed by atoms with Crippen LogP contribution in [0.2, 0.25) is 0 Å². The predicted octanol–water partition coefficient (Wildman–Crippen LogP) is 2.56. The third-order valence-electron chi connectivity index (χ3n) is 5.44. The molecule has 0 aliphatic carbocycles. The Bertz CT molecular complexity index is 693. The van der Waals surface area contributed by atoms with Crippen LogP contribution in [0.4, 0.5) is 0 Å². The van der Waals surface area contributed by atoms with Crippen LogP contribution in [0.5, 0.6) is 0 Å². The van der Waals surface area contributed by atoms with Gasteiger partial charge < -0.3 is 10.2 Å². The van der Waals surface area contributed by atoms with Gasteiger partial charge in [-0.2, -0.15) is 5.10 Å². The van der Waals surface area contributed by atoms with Gasteiger partial charge in [0, 0.05) is 18.0 Å². The van der Waals surface area contributed by atoms with Crippen molar-refractivity contribution in [2.24, 2.45) is 5.92 Å². The quantitative estimate of drug-likeness (QED) is 0.915. The highest BCUT2D eigenvalue weighted by atomic mass is 16.1. The molecule has 0 spiro atoms. The number of hydrogen-bond donors (Lipinski definition) is 2. The highest BCUT2D eigenvalue weighted by Gasteiger charge is 2.33. The zero-order valence-corrected chi connectivity index (χ0v) is 13.4. The van der Waals surface area contributed by atoms with Gasteiger partial charge in [0.2, 0.25) is 0 Å². The molecule has 0 unspecified atom stereocenters. The number of hydrogen-bond acceptors (Lipinski definition) is 3. The van der Waals surface area contributed by atoms with Gasteiger partial charge in [0.15, 0.2) is 5.69 Å². The Hall–Kier alpha value is -1.88. The van der Waals surface area contributed by atoms with E-state index in [-0.39, 0.29) is 5.91 Å². The number of fused-ring (bicyclic) bond motifs is 2. The van der Waals surface area contributed by atoms with Gasteiger partial charge in [0.05, 0.1) is 5.52 Å². The Labute approximate surface area is 136 Å². The van der Waals surface area contributed by atoms with Crippen LogP contribution >= 0.6 is 0 Å². The number of aromatic amines is 1. The molecule has 2 aromatic rings. The maximum Gasteiger partial charge on any atom is 0.272 e. The summed E-state index contributed by atoms with van der Waals surface area (Å²) < 4.78 is 0. The van der Waals surface area contributed by atoms with Crippen LogP contribution in [0.25, 0.3) is 10.9 Å². The number of H-pyrrole nitrogens is 1. The maximum absolute atomic E-state index is 12.5. The van der Waals surface area contributed by atoms with Crippen molar-refractivity contribution >= 4 is 16.8 Å². The Morgan fingerprint density at radius 1 is 1.22 bits per heavy atom. The van der Waals surface area contributed by atoms with Crippen molar-refractivity contribution in [2.45, 2.75) is 38.1 Å². The molecule has 3 heterocycles. The fourth-order valence-electron chi connectivity index (χ4n) is 4.26. The van der Waals surface area contributed by atoms with E-state index in [2.05, 4.69) is 20.4 Å². The molecular formula is C18H24N4O. The minimum atomic E-state index is -0.0598. The van der Waals surface area contributed by atoms with Crippen molar-refractivity contribution in [3.05, 3.63) is 30.0 Å². The average molecular weight is 312 g/mol. The lowest BCUT2D eigenvalue weighted by atomic mass is 9.83. The minimum Gasteiger partial charge on any atom is -0.350 e. The lowest BCUT2D eigenvalue weighted by Crippen LogP contribution is -2.51. The molecule has 1 amide bonds. The lowest BCUT2D eigenvalue weighted by molar-refractivity contribution is 0.0575. The van der Waals surface area contributed by atoms with Crippen molar-refractivity contribution in [1.82, 2.24) is 20.4 Å². The van der Waals surface area contributed by atoms with Crippen molar-refractivity contribution < 1.29 is 4.79 Å². The van der Waals surface area contributed by atoms with E-state index < -0.39 is 0 Å². The molecule has 0 radical (unpaired) electrons. The van der Waals surface area contributed by atoms with Crippen molar-refractivity contribution in [1.29, 1.82) is 0 Å². The lowest BCUT2D eigenvalue weighted by Gasteiger charge is -2.44. The van der Waals surface area contributed by atoms with Crippen LogP contribution in [0, 0.1) is 5.92 Å². The third-order valence-corrected chi connectivity index (χ3v) is 5.44. The molecule has 0 bridgehead atoms. The summed E-state index contributed by atoms with van der Waals surface area (Å²) in [6.07, 6.45) is 6.42. The second-order valence-electron chi connectivity index (χ2n) is 6.83. The summed E-state index contributed by atoms with van der Waals surface area (Å²) in [6, 6.07) is 8.43. The number of benzene rings is 1. The van der Waals surface area contributed by atoms with E-state index in [0.29, 0.717) is 17.7 Å². The molecule has 5 heteroatoms. The first-order valence-corrected chi connectivity index (χ1v) is 8.78. The third kappa shape index (κ3) is 2.85. The van der Waals surface area contributed by atoms with Crippen LogP contribution in [0.3, 0.4) is 0 Å². The highest BCUT2D eigenvalue weighted by molar-refractivity contribution is 6.04. The van der Waals surface area contributed by atoms with Crippen LogP contribution in [-0.4, -0.2) is 46.7 Å². The number of amides is 1. The topological polar surface area (TPSA) is 61.0 Å². The SMILES string of the molecule is O=C(NC[C@H]1CCCN2CCCC[C@H]12)c1n[nH]c2ccccc12. The van der Waals surface area contributed by atoms with Crippen LogP contribution in [-0.2, 0) is 0 Å². The Balaban J connectivity index is 1.43. The number of para-hydroxylation sites is 1. The molecule has 23 heavy (non-hydrogen) atoms. The summed E-state index contributed by atoms with van der Waals surface area (Å²) in [7, 11) is 0. The molecule has 2 fully saturated rings. The van der Waals surface area contributed by atoms with E-state index in [1.165, 1.54) is 45.2 Å². The van der Waals surface area contributed by atoms with Crippen LogP contribution in [0.15, 0.2) is 24.3 Å². The molecule has 4 rings (SSSR count). The monoisotopic (exact) mass is 312 g/mol. The van der Waals surface area contributed by atoms with Gasteiger partial charge in [0.1, 0.15) is 0 Å². The molecule has 2 aliphatic heterocycles. The van der Waals surface area contributed by atoms with Crippen LogP contribution in [0.1, 0.15) is 42.6 Å². The number of piperidine rings is 2. The zero-order valence-electron chi connectivity index (χ0n) is 13.4. The van der Waals surface area contributed by atoms with E-state index >= 15 is 0 Å². The Kier molecular flexibility index (Phi) is 4.04. The number of rotatable bonds is 3. The Morgan fingerprint density at radius 3 is 3.04 bits per heavy atom. The first kappa shape index (κ1) is 14.7. The summed E-state index contributed by atoms with van der Waals surface area (Å²) in [5, 5.41) is 11.2. The number of carbonyl (C=O) groups is 1. The maximum atomic E-state index is 12.5. The van der Waals surface area contributed by atoms with E-state index in [9.17, 15) is 4.79 Å². The standard InChI is InChI=1S/C18H24N4O/c23-18(17-14-7-1-2-8-15(14)20-21-17)19-12-13-6-5-11-22-10-4-3-9-16(13)22/h1-2,7-8,13,16H,3-6,9-12H2,(H,19,23)(H,20,21)/t13-,16-/m1/s1. The van der Waals surface area contributed by atoms with E-state index in [1.807, 2.05) is 24.3 Å². The molecular weight excluding hydrogens is 288 g/mol. The van der Waals surface area contributed by atoms with Gasteiger partial charge in [-0.05, 0) is 50.8 Å². The van der Waals surface area contributed by atoms with Gasteiger partial charge in [-0.15, -0.1) is 0 Å². The first-order chi connectivity index (χ1) is 11.3. The van der Waals surface area contributed by atoms with Crippen molar-refractivity contribution in [2.75, 3.05) is 19.6 Å².